The van der Waals surface area contributed by atoms with Gasteiger partial charge in [0.1, 0.15) is 5.82 Å². The average Bonchev–Trinajstić information content (AvgIpc) is 2.89. The SMILES string of the molecule is O=[N+]([O-])c1cc(Cl)c(NCCCc2ncc[nH]2)c(Cl)c1. The normalized spacial score (nSPS) is 10.5. The number of aryl methyl sites for hydroxylation is 1. The highest BCUT2D eigenvalue weighted by atomic mass is 35.5. The van der Waals surface area contributed by atoms with Crippen LogP contribution in [-0.2, 0) is 6.42 Å². The van der Waals surface area contributed by atoms with Gasteiger partial charge in [0.05, 0.1) is 20.7 Å². The van der Waals surface area contributed by atoms with Crippen LogP contribution in [-0.4, -0.2) is 21.4 Å². The summed E-state index contributed by atoms with van der Waals surface area (Å²) in [5, 5.41) is 14.2. The Balaban J connectivity index is 1.94. The van der Waals surface area contributed by atoms with Crippen LogP contribution < -0.4 is 5.32 Å². The number of nitrogens with one attached hydrogen (secondary N) is 2. The van der Waals surface area contributed by atoms with Crippen molar-refractivity contribution in [3.63, 3.8) is 0 Å². The lowest BCUT2D eigenvalue weighted by atomic mass is 10.2. The summed E-state index contributed by atoms with van der Waals surface area (Å²) in [6.07, 6.45) is 5.10. The highest BCUT2D eigenvalue weighted by Gasteiger charge is 2.14. The smallest absolute Gasteiger partial charge is 0.272 e. The Morgan fingerprint density at radius 2 is 2.05 bits per heavy atom. The highest BCUT2D eigenvalue weighted by molar-refractivity contribution is 6.39. The van der Waals surface area contributed by atoms with Gasteiger partial charge in [-0.2, -0.15) is 0 Å². The van der Waals surface area contributed by atoms with Crippen LogP contribution in [0.15, 0.2) is 24.5 Å². The van der Waals surface area contributed by atoms with Crippen LogP contribution in [0, 0.1) is 10.1 Å². The second kappa shape index (κ2) is 6.58. The zero-order valence-electron chi connectivity index (χ0n) is 10.4. The van der Waals surface area contributed by atoms with Gasteiger partial charge < -0.3 is 10.3 Å². The Bertz CT molecular complexity index is 579. The molecule has 2 rings (SSSR count). The van der Waals surface area contributed by atoms with Crippen molar-refractivity contribution in [1.29, 1.82) is 0 Å². The van der Waals surface area contributed by atoms with E-state index in [-0.39, 0.29) is 15.7 Å². The lowest BCUT2D eigenvalue weighted by Gasteiger charge is -2.09. The first-order valence-electron chi connectivity index (χ1n) is 5.93. The van der Waals surface area contributed by atoms with Gasteiger partial charge in [0.15, 0.2) is 0 Å². The Kier molecular flexibility index (Phi) is 4.81. The molecule has 0 unspecified atom stereocenters. The first-order valence-corrected chi connectivity index (χ1v) is 6.69. The highest BCUT2D eigenvalue weighted by Crippen LogP contribution is 2.34. The zero-order chi connectivity index (χ0) is 14.5. The van der Waals surface area contributed by atoms with Gasteiger partial charge in [0.2, 0.25) is 0 Å². The van der Waals surface area contributed by atoms with Gasteiger partial charge in [-0.1, -0.05) is 23.2 Å². The molecule has 0 amide bonds. The number of nitrogens with zero attached hydrogens (tertiary/aromatic N) is 2. The van der Waals surface area contributed by atoms with E-state index in [0.717, 1.165) is 18.7 Å². The molecular formula is C12H12Cl2N4O2. The van der Waals surface area contributed by atoms with Gasteiger partial charge in [-0.25, -0.2) is 4.98 Å². The van der Waals surface area contributed by atoms with Gasteiger partial charge in [-0.05, 0) is 6.42 Å². The molecule has 20 heavy (non-hydrogen) atoms. The maximum atomic E-state index is 10.7. The molecule has 8 heteroatoms. The fraction of sp³-hybridized carbons (Fsp3) is 0.250. The third kappa shape index (κ3) is 3.61. The van der Waals surface area contributed by atoms with Gasteiger partial charge >= 0.3 is 0 Å². The molecule has 106 valence electrons. The molecule has 0 aliphatic carbocycles. The summed E-state index contributed by atoms with van der Waals surface area (Å²) in [7, 11) is 0. The summed E-state index contributed by atoms with van der Waals surface area (Å²) in [5.41, 5.74) is 0.388. The van der Waals surface area contributed by atoms with Crippen molar-refractivity contribution in [3.05, 3.63) is 50.5 Å². The van der Waals surface area contributed by atoms with Crippen LogP contribution in [0.3, 0.4) is 0 Å². The molecule has 0 bridgehead atoms. The fourth-order valence-corrected chi connectivity index (χ4v) is 2.35. The van der Waals surface area contributed by atoms with Gasteiger partial charge in [-0.15, -0.1) is 0 Å². The van der Waals surface area contributed by atoms with Crippen LogP contribution in [0.25, 0.3) is 0 Å². The van der Waals surface area contributed by atoms with Crippen molar-refractivity contribution in [1.82, 2.24) is 9.97 Å². The predicted octanol–water partition coefficient (Wildman–Crippen LogP) is 3.67. The number of benzene rings is 1. The number of hydrogen-bond acceptors (Lipinski definition) is 4. The summed E-state index contributed by atoms with van der Waals surface area (Å²) in [6, 6.07) is 2.56. The predicted molar refractivity (Wildman–Crippen MR) is 78.5 cm³/mol. The molecule has 0 atom stereocenters. The first-order chi connectivity index (χ1) is 9.58. The summed E-state index contributed by atoms with van der Waals surface area (Å²) in [6.45, 7) is 0.637. The Labute approximate surface area is 125 Å². The third-order valence-electron chi connectivity index (χ3n) is 2.68. The average molecular weight is 315 g/mol. The molecule has 6 nitrogen and oxygen atoms in total. The zero-order valence-corrected chi connectivity index (χ0v) is 11.9. The number of aromatic nitrogens is 2. The topological polar surface area (TPSA) is 83.8 Å². The number of non-ortho nitro benzene ring substituents is 1. The van der Waals surface area contributed by atoms with E-state index in [1.54, 1.807) is 12.4 Å². The summed E-state index contributed by atoms with van der Waals surface area (Å²) in [4.78, 5) is 17.3. The molecule has 1 heterocycles. The van der Waals surface area contributed by atoms with E-state index in [9.17, 15) is 10.1 Å². The molecule has 0 aliphatic heterocycles. The van der Waals surface area contributed by atoms with E-state index < -0.39 is 4.92 Å². The number of imidazole rings is 1. The fourth-order valence-electron chi connectivity index (χ4n) is 1.74. The van der Waals surface area contributed by atoms with E-state index in [0.29, 0.717) is 12.2 Å². The van der Waals surface area contributed by atoms with Crippen LogP contribution in [0.4, 0.5) is 11.4 Å². The molecule has 2 aromatic rings. The number of rotatable bonds is 6. The standard InChI is InChI=1S/C12H12Cl2N4O2/c13-9-6-8(18(19)20)7-10(14)12(9)17-3-1-2-11-15-4-5-16-11/h4-7,17H,1-3H2,(H,15,16). The Morgan fingerprint density at radius 1 is 1.35 bits per heavy atom. The van der Waals surface area contributed by atoms with Gasteiger partial charge in [0.25, 0.3) is 5.69 Å². The van der Waals surface area contributed by atoms with Crippen LogP contribution in [0.2, 0.25) is 10.0 Å². The van der Waals surface area contributed by atoms with Crippen molar-refractivity contribution < 1.29 is 4.92 Å². The van der Waals surface area contributed by atoms with Crippen molar-refractivity contribution in [2.45, 2.75) is 12.8 Å². The molecule has 0 spiro atoms. The summed E-state index contributed by atoms with van der Waals surface area (Å²) in [5.74, 6) is 0.910. The monoisotopic (exact) mass is 314 g/mol. The summed E-state index contributed by atoms with van der Waals surface area (Å²) >= 11 is 12.0. The van der Waals surface area contributed by atoms with E-state index in [1.165, 1.54) is 12.1 Å². The van der Waals surface area contributed by atoms with Crippen molar-refractivity contribution in [3.8, 4) is 0 Å². The van der Waals surface area contributed by atoms with Crippen molar-refractivity contribution in [2.24, 2.45) is 0 Å². The number of nitro benzene ring substituents is 1. The van der Waals surface area contributed by atoms with E-state index in [4.69, 9.17) is 23.2 Å². The number of nitro groups is 1. The maximum absolute atomic E-state index is 10.7. The molecule has 1 aromatic heterocycles. The number of anilines is 1. The maximum Gasteiger partial charge on any atom is 0.272 e. The molecule has 0 saturated carbocycles. The Morgan fingerprint density at radius 3 is 2.60 bits per heavy atom. The number of H-pyrrole nitrogens is 1. The Hall–Kier alpha value is -1.79. The van der Waals surface area contributed by atoms with Crippen LogP contribution >= 0.6 is 23.2 Å². The number of aromatic amines is 1. The van der Waals surface area contributed by atoms with Crippen molar-refractivity contribution in [2.75, 3.05) is 11.9 Å². The largest absolute Gasteiger partial charge is 0.383 e. The second-order valence-electron chi connectivity index (χ2n) is 4.11. The molecule has 0 fully saturated rings. The number of hydrogen-bond donors (Lipinski definition) is 2. The minimum atomic E-state index is -0.529. The van der Waals surface area contributed by atoms with E-state index >= 15 is 0 Å². The second-order valence-corrected chi connectivity index (χ2v) is 4.92. The molecule has 2 N–H and O–H groups in total. The van der Waals surface area contributed by atoms with Gasteiger partial charge in [-0.3, -0.25) is 10.1 Å². The molecule has 0 saturated heterocycles. The molecule has 0 aliphatic rings. The van der Waals surface area contributed by atoms with Crippen molar-refractivity contribution >= 4 is 34.6 Å². The molecule has 1 aromatic carbocycles. The quantitative estimate of drug-likeness (QED) is 0.484. The van der Waals surface area contributed by atoms with Crippen LogP contribution in [0.5, 0.6) is 0 Å². The first kappa shape index (κ1) is 14.6. The van der Waals surface area contributed by atoms with E-state index in [2.05, 4.69) is 15.3 Å². The lowest BCUT2D eigenvalue weighted by molar-refractivity contribution is -0.384. The number of halogens is 2. The third-order valence-corrected chi connectivity index (χ3v) is 3.28. The lowest BCUT2D eigenvalue weighted by Crippen LogP contribution is -2.05. The molecule has 0 radical (unpaired) electrons. The minimum Gasteiger partial charge on any atom is -0.383 e. The van der Waals surface area contributed by atoms with E-state index in [1.807, 2.05) is 0 Å². The summed E-state index contributed by atoms with van der Waals surface area (Å²) < 4.78 is 0. The minimum absolute atomic E-state index is 0.124. The molecular weight excluding hydrogens is 303 g/mol. The van der Waals surface area contributed by atoms with Crippen LogP contribution in [0.1, 0.15) is 12.2 Å². The van der Waals surface area contributed by atoms with Gasteiger partial charge in [0, 0.05) is 37.5 Å².